The number of anilines is 2. The molecule has 0 unspecified atom stereocenters. The summed E-state index contributed by atoms with van der Waals surface area (Å²) in [4.78, 5) is 22.4. The molecular formula is C33H29ClN4O3S2. The number of hydrogen-bond acceptors (Lipinski definition) is 5. The summed E-state index contributed by atoms with van der Waals surface area (Å²) in [7, 11) is -0.351. The Kier molecular flexibility index (Phi) is 7.96. The number of thiophene rings is 1. The Morgan fingerprint density at radius 2 is 1.67 bits per heavy atom. The first-order chi connectivity index (χ1) is 20.8. The molecule has 0 aliphatic rings. The van der Waals surface area contributed by atoms with Gasteiger partial charge in [0.05, 0.1) is 5.69 Å². The molecule has 218 valence electrons. The van der Waals surface area contributed by atoms with Crippen LogP contribution in [0.15, 0.2) is 101 Å². The van der Waals surface area contributed by atoms with Gasteiger partial charge < -0.3 is 9.88 Å². The van der Waals surface area contributed by atoms with Crippen LogP contribution in [0.4, 0.5) is 11.4 Å². The van der Waals surface area contributed by atoms with Crippen LogP contribution >= 0.6 is 22.9 Å². The Morgan fingerprint density at radius 1 is 0.930 bits per heavy atom. The number of hydrogen-bond donors (Lipinski definition) is 1. The van der Waals surface area contributed by atoms with Crippen LogP contribution in [0.3, 0.4) is 0 Å². The van der Waals surface area contributed by atoms with Gasteiger partial charge in [-0.1, -0.05) is 48.5 Å². The number of aromatic amines is 1. The van der Waals surface area contributed by atoms with Crippen LogP contribution in [0.1, 0.15) is 12.8 Å². The quantitative estimate of drug-likeness (QED) is 0.165. The largest absolute Gasteiger partial charge is 0.339 e. The predicted molar refractivity (Wildman–Crippen MR) is 178 cm³/mol. The molecule has 6 aromatic rings. The Hall–Kier alpha value is -4.18. The zero-order chi connectivity index (χ0) is 30.1. The van der Waals surface area contributed by atoms with Crippen molar-refractivity contribution in [3.63, 3.8) is 0 Å². The van der Waals surface area contributed by atoms with E-state index in [0.29, 0.717) is 30.1 Å². The molecule has 3 heterocycles. The van der Waals surface area contributed by atoms with E-state index in [0.717, 1.165) is 44.2 Å². The molecule has 3 aromatic heterocycles. The van der Waals surface area contributed by atoms with Gasteiger partial charge in [0.15, 0.2) is 0 Å². The second-order valence-electron chi connectivity index (χ2n) is 10.2. The molecule has 0 saturated carbocycles. The smallest absolute Gasteiger partial charge is 0.273 e. The van der Waals surface area contributed by atoms with Gasteiger partial charge in [0.1, 0.15) is 9.86 Å². The van der Waals surface area contributed by atoms with Crippen molar-refractivity contribution in [2.75, 3.05) is 29.2 Å². The number of sulfonamides is 1. The predicted octanol–water partition coefficient (Wildman–Crippen LogP) is 7.92. The molecule has 0 fully saturated rings. The number of nitrogens with zero attached hydrogens (tertiary/aromatic N) is 3. The number of nitrogens with one attached hydrogen (secondary N) is 1. The molecule has 1 N–H and O–H groups in total. The van der Waals surface area contributed by atoms with Crippen molar-refractivity contribution >= 4 is 72.2 Å². The highest BCUT2D eigenvalue weighted by Crippen LogP contribution is 2.42. The molecule has 0 aliphatic carbocycles. The number of benzene rings is 3. The second-order valence-corrected chi connectivity index (χ2v) is 13.7. The fraction of sp³-hybridized carbons (Fsp3) is 0.152. The molecule has 6 rings (SSSR count). The topological polar surface area (TPSA) is 86.4 Å². The van der Waals surface area contributed by atoms with E-state index in [1.807, 2.05) is 60.8 Å². The summed E-state index contributed by atoms with van der Waals surface area (Å²) in [5.74, 6) is 0.467. The van der Waals surface area contributed by atoms with Gasteiger partial charge >= 0.3 is 0 Å². The van der Waals surface area contributed by atoms with E-state index in [9.17, 15) is 13.2 Å². The summed E-state index contributed by atoms with van der Waals surface area (Å²) >= 11 is 6.97. The minimum atomic E-state index is -3.70. The van der Waals surface area contributed by atoms with Crippen molar-refractivity contribution < 1.29 is 13.2 Å². The Bertz CT molecular complexity index is 2020. The lowest BCUT2D eigenvalue weighted by Gasteiger charge is -2.19. The van der Waals surface area contributed by atoms with Crippen molar-refractivity contribution in [1.82, 2.24) is 9.97 Å². The molecule has 1 amide bonds. The molecular weight excluding hydrogens is 600 g/mol. The second kappa shape index (κ2) is 11.8. The van der Waals surface area contributed by atoms with Crippen LogP contribution in [0, 0.1) is 0 Å². The fourth-order valence-electron chi connectivity index (χ4n) is 5.24. The van der Waals surface area contributed by atoms with Crippen LogP contribution in [-0.4, -0.2) is 44.3 Å². The molecule has 0 aliphatic heterocycles. The Balaban J connectivity index is 1.50. The standard InChI is InChI=1S/C33H29ClN4O3S2/c1-37(29(39)10-6-18-34)24-14-12-22(13-15-24)27-21-35-33-32(31(27)23-8-4-3-5-9-23)26-20-25(16-17-28(26)36-33)38(2)43(40,41)30-11-7-19-42-30/h3-5,7-9,11-17,19-21H,6,10,18H2,1-2H3,(H,35,36). The fourth-order valence-corrected chi connectivity index (χ4v) is 7.72. The van der Waals surface area contributed by atoms with Gasteiger partial charge in [0.2, 0.25) is 5.91 Å². The molecule has 7 nitrogen and oxygen atoms in total. The number of carbonyl (C=O) groups excluding carboxylic acids is 1. The van der Waals surface area contributed by atoms with E-state index in [2.05, 4.69) is 17.1 Å². The minimum Gasteiger partial charge on any atom is -0.339 e. The highest BCUT2D eigenvalue weighted by atomic mass is 35.5. The number of halogens is 1. The van der Waals surface area contributed by atoms with Gasteiger partial charge in [-0.3, -0.25) is 9.10 Å². The number of pyridine rings is 1. The van der Waals surface area contributed by atoms with Crippen molar-refractivity contribution in [2.24, 2.45) is 0 Å². The lowest BCUT2D eigenvalue weighted by Crippen LogP contribution is -2.25. The molecule has 43 heavy (non-hydrogen) atoms. The third-order valence-electron chi connectivity index (χ3n) is 7.60. The third kappa shape index (κ3) is 5.40. The van der Waals surface area contributed by atoms with Crippen molar-refractivity contribution in [3.8, 4) is 22.3 Å². The van der Waals surface area contributed by atoms with Gasteiger partial charge in [-0.05, 0) is 59.3 Å². The lowest BCUT2D eigenvalue weighted by atomic mass is 9.92. The normalized spacial score (nSPS) is 11.7. The number of fused-ring (bicyclic) bond motifs is 3. The van der Waals surface area contributed by atoms with E-state index in [1.165, 1.54) is 15.6 Å². The molecule has 0 radical (unpaired) electrons. The van der Waals surface area contributed by atoms with Crippen LogP contribution in [0.25, 0.3) is 44.2 Å². The highest BCUT2D eigenvalue weighted by molar-refractivity contribution is 7.94. The monoisotopic (exact) mass is 628 g/mol. The number of H-pyrrole nitrogens is 1. The summed E-state index contributed by atoms with van der Waals surface area (Å²) < 4.78 is 28.2. The summed E-state index contributed by atoms with van der Waals surface area (Å²) in [5.41, 5.74) is 6.77. The molecule has 0 spiro atoms. The lowest BCUT2D eigenvalue weighted by molar-refractivity contribution is -0.118. The van der Waals surface area contributed by atoms with E-state index in [1.54, 1.807) is 42.6 Å². The molecule has 0 atom stereocenters. The average molecular weight is 629 g/mol. The van der Waals surface area contributed by atoms with Gasteiger partial charge in [0.25, 0.3) is 10.0 Å². The van der Waals surface area contributed by atoms with Gasteiger partial charge in [0, 0.05) is 65.7 Å². The van der Waals surface area contributed by atoms with Crippen LogP contribution in [0.2, 0.25) is 0 Å². The number of alkyl halides is 1. The van der Waals surface area contributed by atoms with E-state index in [-0.39, 0.29) is 10.1 Å². The zero-order valence-corrected chi connectivity index (χ0v) is 26.0. The summed E-state index contributed by atoms with van der Waals surface area (Å²) in [6, 6.07) is 26.9. The highest BCUT2D eigenvalue weighted by Gasteiger charge is 2.24. The van der Waals surface area contributed by atoms with Crippen LogP contribution in [-0.2, 0) is 14.8 Å². The summed E-state index contributed by atoms with van der Waals surface area (Å²) in [5, 5.41) is 3.53. The average Bonchev–Trinajstić information content (AvgIpc) is 3.72. The first-order valence-corrected chi connectivity index (χ1v) is 16.6. The number of carbonyl (C=O) groups is 1. The van der Waals surface area contributed by atoms with E-state index in [4.69, 9.17) is 16.6 Å². The van der Waals surface area contributed by atoms with E-state index < -0.39 is 10.0 Å². The third-order valence-corrected chi connectivity index (χ3v) is 11.0. The maximum atomic E-state index is 13.3. The maximum Gasteiger partial charge on any atom is 0.273 e. The Morgan fingerprint density at radius 3 is 2.37 bits per heavy atom. The summed E-state index contributed by atoms with van der Waals surface area (Å²) in [6.07, 6.45) is 2.89. The maximum absolute atomic E-state index is 13.3. The van der Waals surface area contributed by atoms with Crippen LogP contribution in [0.5, 0.6) is 0 Å². The SMILES string of the molecule is CN(C(=O)CCCCl)c1ccc(-c2cnc3[nH]c4ccc(N(C)S(=O)(=O)c5cccs5)cc4c3c2-c2ccccc2)cc1. The number of aromatic nitrogens is 2. The van der Waals surface area contributed by atoms with Gasteiger partial charge in [-0.25, -0.2) is 13.4 Å². The minimum absolute atomic E-state index is 0.0159. The van der Waals surface area contributed by atoms with Gasteiger partial charge in [-0.15, -0.1) is 22.9 Å². The van der Waals surface area contributed by atoms with Crippen molar-refractivity contribution in [3.05, 3.63) is 96.5 Å². The number of rotatable bonds is 9. The number of amides is 1. The van der Waals surface area contributed by atoms with Crippen LogP contribution < -0.4 is 9.21 Å². The van der Waals surface area contributed by atoms with Gasteiger partial charge in [-0.2, -0.15) is 0 Å². The molecule has 10 heteroatoms. The first kappa shape index (κ1) is 28.9. The van der Waals surface area contributed by atoms with E-state index >= 15 is 0 Å². The van der Waals surface area contributed by atoms with Crippen molar-refractivity contribution in [1.29, 1.82) is 0 Å². The first-order valence-electron chi connectivity index (χ1n) is 13.7. The van der Waals surface area contributed by atoms with Crippen molar-refractivity contribution in [2.45, 2.75) is 17.1 Å². The zero-order valence-electron chi connectivity index (χ0n) is 23.6. The molecule has 0 saturated heterocycles. The summed E-state index contributed by atoms with van der Waals surface area (Å²) in [6.45, 7) is 0. The Labute approximate surface area is 259 Å². The molecule has 3 aromatic carbocycles. The molecule has 0 bridgehead atoms.